The van der Waals surface area contributed by atoms with E-state index in [0.717, 1.165) is 37.1 Å². The minimum atomic E-state index is -0.0830. The van der Waals surface area contributed by atoms with E-state index in [2.05, 4.69) is 15.3 Å². The summed E-state index contributed by atoms with van der Waals surface area (Å²) in [6.45, 7) is 3.66. The molecule has 1 aliphatic heterocycles. The summed E-state index contributed by atoms with van der Waals surface area (Å²) in [6.07, 6.45) is 6.32. The summed E-state index contributed by atoms with van der Waals surface area (Å²) in [4.78, 5) is 35.0. The van der Waals surface area contributed by atoms with Crippen molar-refractivity contribution in [2.24, 2.45) is 5.92 Å². The van der Waals surface area contributed by atoms with E-state index in [0.29, 0.717) is 36.1 Å². The Morgan fingerprint density at radius 1 is 1.25 bits per heavy atom. The quantitative estimate of drug-likeness (QED) is 0.806. The highest BCUT2D eigenvalue weighted by Crippen LogP contribution is 2.22. The average Bonchev–Trinajstić information content (AvgIpc) is 2.72. The third-order valence-corrected chi connectivity index (χ3v) is 5.39. The number of rotatable bonds is 6. The number of hydrogen-bond acceptors (Lipinski definition) is 4. The zero-order valence-electron chi connectivity index (χ0n) is 16.0. The highest BCUT2D eigenvalue weighted by Gasteiger charge is 2.25. The van der Waals surface area contributed by atoms with E-state index in [9.17, 15) is 9.59 Å². The molecule has 2 amide bonds. The first kappa shape index (κ1) is 20.3. The van der Waals surface area contributed by atoms with Crippen LogP contribution in [0.1, 0.15) is 47.4 Å². The van der Waals surface area contributed by atoms with Crippen molar-refractivity contribution in [3.63, 3.8) is 0 Å². The third-order valence-electron chi connectivity index (χ3n) is 5.02. The van der Waals surface area contributed by atoms with E-state index in [1.165, 1.54) is 6.20 Å². The van der Waals surface area contributed by atoms with Gasteiger partial charge in [-0.15, -0.1) is 0 Å². The van der Waals surface area contributed by atoms with Crippen molar-refractivity contribution < 1.29 is 9.59 Å². The lowest BCUT2D eigenvalue weighted by Crippen LogP contribution is -2.40. The van der Waals surface area contributed by atoms with E-state index < -0.39 is 0 Å². The van der Waals surface area contributed by atoms with Crippen LogP contribution < -0.4 is 5.32 Å². The Balaban J connectivity index is 1.45. The molecule has 2 aromatic rings. The summed E-state index contributed by atoms with van der Waals surface area (Å²) in [5.74, 6) is 0.246. The average molecular weight is 401 g/mol. The summed E-state index contributed by atoms with van der Waals surface area (Å²) in [6, 6.07) is 7.49. The summed E-state index contributed by atoms with van der Waals surface area (Å²) in [5.41, 5.74) is 2.07. The molecule has 3 rings (SSSR count). The van der Waals surface area contributed by atoms with Gasteiger partial charge in [0.1, 0.15) is 5.69 Å². The predicted octanol–water partition coefficient (Wildman–Crippen LogP) is 3.39. The van der Waals surface area contributed by atoms with Crippen LogP contribution in [0.4, 0.5) is 0 Å². The van der Waals surface area contributed by atoms with Crippen LogP contribution in [0, 0.1) is 12.8 Å². The smallest absolute Gasteiger partial charge is 0.274 e. The van der Waals surface area contributed by atoms with Gasteiger partial charge in [-0.2, -0.15) is 0 Å². The van der Waals surface area contributed by atoms with Gasteiger partial charge < -0.3 is 10.2 Å². The van der Waals surface area contributed by atoms with Gasteiger partial charge in [0, 0.05) is 37.3 Å². The number of nitrogens with zero attached hydrogens (tertiary/aromatic N) is 3. The molecule has 0 radical (unpaired) electrons. The molecule has 1 N–H and O–H groups in total. The van der Waals surface area contributed by atoms with Crippen LogP contribution >= 0.6 is 11.6 Å². The molecule has 1 atom stereocenters. The molecule has 6 nitrogen and oxygen atoms in total. The van der Waals surface area contributed by atoms with Gasteiger partial charge in [-0.25, -0.2) is 4.98 Å². The number of piperidine rings is 1. The number of nitrogens with one attached hydrogen (secondary N) is 1. The SMILES string of the molecule is Cc1cnc(C(=O)N2CCCC(CCC(=O)NCc3ccccc3Cl)C2)cn1. The van der Waals surface area contributed by atoms with E-state index in [4.69, 9.17) is 11.6 Å². The maximum atomic E-state index is 12.6. The molecule has 1 saturated heterocycles. The normalized spacial score (nSPS) is 16.6. The van der Waals surface area contributed by atoms with Crippen molar-refractivity contribution in [2.75, 3.05) is 13.1 Å². The minimum absolute atomic E-state index is 0.00720. The fraction of sp³-hybridized carbons (Fsp3) is 0.429. The van der Waals surface area contributed by atoms with Gasteiger partial charge in [0.2, 0.25) is 5.91 Å². The molecule has 0 spiro atoms. The van der Waals surface area contributed by atoms with Crippen molar-refractivity contribution in [1.29, 1.82) is 0 Å². The highest BCUT2D eigenvalue weighted by molar-refractivity contribution is 6.31. The van der Waals surface area contributed by atoms with Crippen molar-refractivity contribution in [2.45, 2.75) is 39.2 Å². The number of likely N-dealkylation sites (tertiary alicyclic amines) is 1. The number of benzene rings is 1. The molecule has 1 unspecified atom stereocenters. The van der Waals surface area contributed by atoms with Crippen LogP contribution in [0.5, 0.6) is 0 Å². The van der Waals surface area contributed by atoms with Crippen LogP contribution in [0.2, 0.25) is 5.02 Å². The van der Waals surface area contributed by atoms with Crippen molar-refractivity contribution in [1.82, 2.24) is 20.2 Å². The van der Waals surface area contributed by atoms with Gasteiger partial charge in [0.05, 0.1) is 11.9 Å². The van der Waals surface area contributed by atoms with Crippen LogP contribution in [-0.2, 0) is 11.3 Å². The largest absolute Gasteiger partial charge is 0.352 e. The Labute approximate surface area is 170 Å². The van der Waals surface area contributed by atoms with Crippen molar-refractivity contribution >= 4 is 23.4 Å². The topological polar surface area (TPSA) is 75.2 Å². The Morgan fingerprint density at radius 2 is 2.07 bits per heavy atom. The first-order valence-corrected chi connectivity index (χ1v) is 9.98. The third kappa shape index (κ3) is 5.52. The molecule has 1 aromatic carbocycles. The number of amides is 2. The maximum absolute atomic E-state index is 12.6. The molecule has 1 fully saturated rings. The van der Waals surface area contributed by atoms with E-state index in [1.807, 2.05) is 36.1 Å². The van der Waals surface area contributed by atoms with E-state index in [1.54, 1.807) is 6.20 Å². The number of aromatic nitrogens is 2. The Morgan fingerprint density at radius 3 is 2.82 bits per heavy atom. The summed E-state index contributed by atoms with van der Waals surface area (Å²) < 4.78 is 0. The molecule has 7 heteroatoms. The molecule has 1 aromatic heterocycles. The molecule has 1 aliphatic rings. The molecular formula is C21H25ClN4O2. The van der Waals surface area contributed by atoms with Crippen LogP contribution in [0.15, 0.2) is 36.7 Å². The van der Waals surface area contributed by atoms with Crippen LogP contribution in [0.3, 0.4) is 0 Å². The molecule has 0 aliphatic carbocycles. The predicted molar refractivity (Wildman–Crippen MR) is 108 cm³/mol. The molecule has 28 heavy (non-hydrogen) atoms. The van der Waals surface area contributed by atoms with Crippen LogP contribution in [-0.4, -0.2) is 39.8 Å². The fourth-order valence-corrected chi connectivity index (χ4v) is 3.61. The summed E-state index contributed by atoms with van der Waals surface area (Å²) in [5, 5.41) is 3.58. The second-order valence-corrected chi connectivity index (χ2v) is 7.62. The number of hydrogen-bond donors (Lipinski definition) is 1. The zero-order valence-corrected chi connectivity index (χ0v) is 16.8. The molecule has 0 bridgehead atoms. The first-order valence-electron chi connectivity index (χ1n) is 9.61. The highest BCUT2D eigenvalue weighted by atomic mass is 35.5. The Bertz CT molecular complexity index is 825. The van der Waals surface area contributed by atoms with Gasteiger partial charge in [0.15, 0.2) is 0 Å². The lowest BCUT2D eigenvalue weighted by atomic mass is 9.93. The van der Waals surface area contributed by atoms with Crippen molar-refractivity contribution in [3.05, 3.63) is 58.6 Å². The number of aryl methyl sites for hydroxylation is 1. The summed E-state index contributed by atoms with van der Waals surface area (Å²) in [7, 11) is 0. The second-order valence-electron chi connectivity index (χ2n) is 7.21. The minimum Gasteiger partial charge on any atom is -0.352 e. The van der Waals surface area contributed by atoms with Crippen LogP contribution in [0.25, 0.3) is 0 Å². The Kier molecular flexibility index (Phi) is 6.98. The van der Waals surface area contributed by atoms with Crippen molar-refractivity contribution in [3.8, 4) is 0 Å². The van der Waals surface area contributed by atoms with E-state index in [-0.39, 0.29) is 11.8 Å². The van der Waals surface area contributed by atoms with Gasteiger partial charge in [-0.05, 0) is 43.7 Å². The van der Waals surface area contributed by atoms with Gasteiger partial charge >= 0.3 is 0 Å². The fourth-order valence-electron chi connectivity index (χ4n) is 3.41. The monoisotopic (exact) mass is 400 g/mol. The molecule has 148 valence electrons. The zero-order chi connectivity index (χ0) is 19.9. The van der Waals surface area contributed by atoms with E-state index >= 15 is 0 Å². The molecular weight excluding hydrogens is 376 g/mol. The number of carbonyl (C=O) groups excluding carboxylic acids is 2. The molecule has 0 saturated carbocycles. The Hall–Kier alpha value is -2.47. The molecule has 2 heterocycles. The lowest BCUT2D eigenvalue weighted by Gasteiger charge is -2.32. The lowest BCUT2D eigenvalue weighted by molar-refractivity contribution is -0.121. The first-order chi connectivity index (χ1) is 13.5. The maximum Gasteiger partial charge on any atom is 0.274 e. The van der Waals surface area contributed by atoms with Gasteiger partial charge in [-0.1, -0.05) is 29.8 Å². The second kappa shape index (κ2) is 9.64. The van der Waals surface area contributed by atoms with Gasteiger partial charge in [0.25, 0.3) is 5.91 Å². The summed E-state index contributed by atoms with van der Waals surface area (Å²) >= 11 is 6.11. The number of carbonyl (C=O) groups is 2. The van der Waals surface area contributed by atoms with Gasteiger partial charge in [-0.3, -0.25) is 14.6 Å². The standard InChI is InChI=1S/C21H25ClN4O2/c1-15-11-24-19(13-23-15)21(28)26-10-4-5-16(14-26)8-9-20(27)25-12-17-6-2-3-7-18(17)22/h2-3,6-7,11,13,16H,4-5,8-10,12,14H2,1H3,(H,25,27). The number of halogens is 1.